The fraction of sp³-hybridized carbons (Fsp3) is 0.463. The van der Waals surface area contributed by atoms with E-state index in [1.807, 2.05) is 42.5 Å². The number of carbonyl (C=O) groups is 4. The number of nitrogens with one attached hydrogen (secondary N) is 4. The highest BCUT2D eigenvalue weighted by Gasteiger charge is 2.31. The topological polar surface area (TPSA) is 182 Å². The molecule has 4 aromatic rings. The Morgan fingerprint density at radius 3 is 2.36 bits per heavy atom. The first kappa shape index (κ1) is 39.0. The van der Waals surface area contributed by atoms with Crippen LogP contribution in [0.25, 0.3) is 0 Å². The lowest BCUT2D eigenvalue weighted by atomic mass is 10.0. The molecule has 4 atom stereocenters. The lowest BCUT2D eigenvalue weighted by molar-refractivity contribution is -0.130. The maximum Gasteiger partial charge on any atom is 0.270 e. The minimum atomic E-state index is -1.05. The number of rotatable bonds is 8. The summed E-state index contributed by atoms with van der Waals surface area (Å²) in [5.41, 5.74) is 2.45. The summed E-state index contributed by atoms with van der Waals surface area (Å²) in [6, 6.07) is 15.5. The lowest BCUT2D eigenvalue weighted by Gasteiger charge is -2.25. The summed E-state index contributed by atoms with van der Waals surface area (Å²) < 4.78 is 7.76. The van der Waals surface area contributed by atoms with Gasteiger partial charge in [-0.2, -0.15) is 5.10 Å². The minimum absolute atomic E-state index is 0.101. The van der Waals surface area contributed by atoms with Crippen molar-refractivity contribution in [2.45, 2.75) is 104 Å². The number of aromatic nitrogens is 5. The third-order valence-electron chi connectivity index (χ3n) is 9.62. The normalized spacial score (nSPS) is 21.2. The molecule has 4 N–H and O–H groups in total. The molecule has 0 unspecified atom stereocenters. The van der Waals surface area contributed by atoms with Crippen LogP contribution in [0, 0.1) is 25.7 Å². The zero-order valence-electron chi connectivity index (χ0n) is 32.2. The first-order valence-electron chi connectivity index (χ1n) is 19.1. The van der Waals surface area contributed by atoms with Crippen LogP contribution in [0.5, 0.6) is 5.75 Å². The van der Waals surface area contributed by atoms with Crippen LogP contribution in [-0.4, -0.2) is 73.1 Å². The predicted octanol–water partition coefficient (Wildman–Crippen LogP) is 3.51. The molecule has 2 aromatic carbocycles. The quantitative estimate of drug-likeness (QED) is 0.210. The Morgan fingerprint density at radius 1 is 0.927 bits per heavy atom. The van der Waals surface area contributed by atoms with Gasteiger partial charge in [-0.15, -0.1) is 0 Å². The monoisotopic (exact) mass is 749 g/mol. The van der Waals surface area contributed by atoms with E-state index in [0.717, 1.165) is 24.0 Å². The fourth-order valence-corrected chi connectivity index (χ4v) is 6.75. The largest absolute Gasteiger partial charge is 0.491 e. The summed E-state index contributed by atoms with van der Waals surface area (Å²) in [7, 11) is 0. The van der Waals surface area contributed by atoms with E-state index in [4.69, 9.17) is 14.8 Å². The average Bonchev–Trinajstić information content (AvgIpc) is 3.87. The van der Waals surface area contributed by atoms with E-state index in [1.165, 1.54) is 0 Å². The Balaban J connectivity index is 1.34. The highest BCUT2D eigenvalue weighted by Crippen LogP contribution is 2.32. The molecule has 1 aliphatic carbocycles. The molecule has 1 fully saturated rings. The van der Waals surface area contributed by atoms with Gasteiger partial charge in [0.2, 0.25) is 17.7 Å². The molecule has 1 saturated carbocycles. The summed E-state index contributed by atoms with van der Waals surface area (Å²) >= 11 is 0. The second kappa shape index (κ2) is 17.7. The molecule has 290 valence electrons. The number of amides is 4. The van der Waals surface area contributed by atoms with Gasteiger partial charge in [-0.1, -0.05) is 56.3 Å². The summed E-state index contributed by atoms with van der Waals surface area (Å²) in [4.78, 5) is 68.6. The molecule has 0 spiro atoms. The van der Waals surface area contributed by atoms with Gasteiger partial charge in [0, 0.05) is 18.5 Å². The van der Waals surface area contributed by atoms with Gasteiger partial charge in [0.1, 0.15) is 42.5 Å². The molecule has 0 saturated heterocycles. The molecule has 0 radical (unpaired) electrons. The molecule has 2 bridgehead atoms. The van der Waals surface area contributed by atoms with Gasteiger partial charge in [0.15, 0.2) is 11.6 Å². The van der Waals surface area contributed by atoms with Gasteiger partial charge in [-0.25, -0.2) is 19.6 Å². The fourth-order valence-electron chi connectivity index (χ4n) is 6.75. The van der Waals surface area contributed by atoms with E-state index in [9.17, 15) is 19.2 Å². The number of aryl methyl sites for hydroxylation is 2. The van der Waals surface area contributed by atoms with E-state index < -0.39 is 35.8 Å². The number of hydrogen-bond acceptors (Lipinski definition) is 9. The SMILES string of the molecule is Cc1cc(C(=O)N[C@H]2Cc3ccc(cc3)OC[C@H](CC(C)C)NC(=O)Cn3nc(CC4CC4)nc3[C@@H](Cc3ccccc3)NC(=O)[C@@H](C)NC2=O)nc(C)n1. The van der Waals surface area contributed by atoms with Crippen LogP contribution in [-0.2, 0) is 40.2 Å². The number of nitrogens with zero attached hydrogens (tertiary/aromatic N) is 5. The van der Waals surface area contributed by atoms with E-state index in [2.05, 4.69) is 45.1 Å². The van der Waals surface area contributed by atoms with Crippen molar-refractivity contribution in [1.82, 2.24) is 46.0 Å². The molecular formula is C41H51N9O5. The molecule has 55 heavy (non-hydrogen) atoms. The van der Waals surface area contributed by atoms with Gasteiger partial charge in [-0.3, -0.25) is 19.2 Å². The van der Waals surface area contributed by atoms with Crippen molar-refractivity contribution in [2.24, 2.45) is 11.8 Å². The zero-order valence-corrected chi connectivity index (χ0v) is 32.2. The molecule has 14 nitrogen and oxygen atoms in total. The molecular weight excluding hydrogens is 699 g/mol. The molecule has 4 heterocycles. The van der Waals surface area contributed by atoms with E-state index in [1.54, 1.807) is 43.7 Å². The van der Waals surface area contributed by atoms with Crippen molar-refractivity contribution in [3.8, 4) is 5.75 Å². The van der Waals surface area contributed by atoms with Crippen LogP contribution < -0.4 is 26.0 Å². The Morgan fingerprint density at radius 2 is 1.67 bits per heavy atom. The molecule has 2 aliphatic heterocycles. The molecule has 2 aromatic heterocycles. The van der Waals surface area contributed by atoms with Crippen molar-refractivity contribution in [3.63, 3.8) is 0 Å². The second-order valence-corrected chi connectivity index (χ2v) is 15.2. The van der Waals surface area contributed by atoms with Gasteiger partial charge in [-0.05, 0) is 87.6 Å². The Kier molecular flexibility index (Phi) is 12.5. The van der Waals surface area contributed by atoms with Crippen molar-refractivity contribution < 1.29 is 23.9 Å². The Hall–Kier alpha value is -5.66. The van der Waals surface area contributed by atoms with Crippen molar-refractivity contribution in [2.75, 3.05) is 6.61 Å². The Bertz CT molecular complexity index is 1960. The number of fused-ring (bicyclic) bond motifs is 14. The van der Waals surface area contributed by atoms with Crippen LogP contribution in [0.2, 0.25) is 0 Å². The van der Waals surface area contributed by atoms with E-state index >= 15 is 0 Å². The third-order valence-corrected chi connectivity index (χ3v) is 9.62. The summed E-state index contributed by atoms with van der Waals surface area (Å²) in [6.45, 7) is 9.37. The zero-order chi connectivity index (χ0) is 39.1. The van der Waals surface area contributed by atoms with Gasteiger partial charge < -0.3 is 26.0 Å². The summed E-state index contributed by atoms with van der Waals surface area (Å²) in [5, 5.41) is 16.7. The first-order valence-corrected chi connectivity index (χ1v) is 19.1. The van der Waals surface area contributed by atoms with Crippen molar-refractivity contribution in [3.05, 3.63) is 101 Å². The number of hydrogen-bond donors (Lipinski definition) is 4. The number of ether oxygens (including phenoxy) is 1. The van der Waals surface area contributed by atoms with Crippen LogP contribution in [0.3, 0.4) is 0 Å². The molecule has 4 amide bonds. The van der Waals surface area contributed by atoms with E-state index in [0.29, 0.717) is 54.1 Å². The smallest absolute Gasteiger partial charge is 0.270 e. The third kappa shape index (κ3) is 11.2. The first-order chi connectivity index (χ1) is 26.4. The second-order valence-electron chi connectivity index (χ2n) is 15.2. The molecule has 7 rings (SSSR count). The van der Waals surface area contributed by atoms with Crippen LogP contribution in [0.4, 0.5) is 0 Å². The summed E-state index contributed by atoms with van der Waals surface area (Å²) in [6.07, 6.45) is 4.07. The van der Waals surface area contributed by atoms with Crippen LogP contribution >= 0.6 is 0 Å². The van der Waals surface area contributed by atoms with Crippen molar-refractivity contribution >= 4 is 23.6 Å². The number of carbonyl (C=O) groups excluding carboxylic acids is 4. The van der Waals surface area contributed by atoms with Gasteiger partial charge in [0.25, 0.3) is 5.91 Å². The van der Waals surface area contributed by atoms with E-state index in [-0.39, 0.29) is 43.1 Å². The highest BCUT2D eigenvalue weighted by molar-refractivity contribution is 5.97. The highest BCUT2D eigenvalue weighted by atomic mass is 16.5. The summed E-state index contributed by atoms with van der Waals surface area (Å²) in [5.74, 6) is 1.09. The Labute approximate surface area is 321 Å². The maximum atomic E-state index is 14.0. The lowest BCUT2D eigenvalue weighted by Crippen LogP contribution is -2.54. The predicted molar refractivity (Wildman–Crippen MR) is 205 cm³/mol. The van der Waals surface area contributed by atoms with Crippen LogP contribution in [0.15, 0.2) is 60.7 Å². The standard InChI is InChI=1S/C41H51N9O5/c1-24(2)17-31-23-55-32-15-13-29(14-16-32)20-35(47-41(54)34-18-25(3)42-27(5)44-34)40(53)43-26(4)39(52)46-33(19-28-9-7-6-8-10-28)38-48-36(21-30-11-12-30)49-50(38)22-37(51)45-31/h6-10,13-16,18,24,26,30-31,33,35H,11-12,17,19-23H2,1-5H3,(H,43,53)(H,45,51)(H,46,52)(H,47,54)/t26-,31+,33-,35+/m1/s1. The van der Waals surface area contributed by atoms with Crippen LogP contribution in [0.1, 0.15) is 90.9 Å². The van der Waals surface area contributed by atoms with Gasteiger partial charge in [0.05, 0.1) is 12.1 Å². The number of benzene rings is 2. The maximum absolute atomic E-state index is 14.0. The minimum Gasteiger partial charge on any atom is -0.491 e. The van der Waals surface area contributed by atoms with Crippen molar-refractivity contribution in [1.29, 1.82) is 0 Å². The molecule has 3 aliphatic rings. The molecule has 14 heteroatoms. The average molecular weight is 750 g/mol. The van der Waals surface area contributed by atoms with Gasteiger partial charge >= 0.3 is 0 Å².